The van der Waals surface area contributed by atoms with Crippen LogP contribution in [0.25, 0.3) is 66.1 Å². The standard InChI is InChI=1S/C64H39BN4/c66-40-51-36-49(44-18-8-3-9-19-44)37-52(41-67)61(51)50-38-59-62-60(39-50)69(54-32-26-46(27-33-54)43-16-6-2-7-17-43)64-56-23-13-11-21-48(56)29-35-58(64)65(62)57-34-28-47-20-10-12-22-55(47)63(57)68(59)53-30-24-45(25-31-53)42-14-4-1-5-15-42/h1-39H. The number of rotatable bonds is 6. The number of nitriles is 2. The quantitative estimate of drug-likeness (QED) is 0.156. The minimum atomic E-state index is -0.158. The van der Waals surface area contributed by atoms with Crippen molar-refractivity contribution in [3.8, 4) is 56.6 Å². The molecule has 0 spiro atoms. The van der Waals surface area contributed by atoms with E-state index < -0.39 is 0 Å². The van der Waals surface area contributed by atoms with Gasteiger partial charge >= 0.3 is 0 Å². The maximum atomic E-state index is 11.1. The van der Waals surface area contributed by atoms with Crippen LogP contribution in [0.5, 0.6) is 0 Å². The van der Waals surface area contributed by atoms with Gasteiger partial charge in [-0.25, -0.2) is 0 Å². The first-order chi connectivity index (χ1) is 34.1. The van der Waals surface area contributed by atoms with Gasteiger partial charge in [0.05, 0.1) is 23.3 Å². The number of hydrogen-bond acceptors (Lipinski definition) is 4. The normalized spacial score (nSPS) is 12.2. The van der Waals surface area contributed by atoms with Gasteiger partial charge in [0, 0.05) is 50.5 Å². The fourth-order valence-corrected chi connectivity index (χ4v) is 11.0. The molecule has 0 unspecified atom stereocenters. The van der Waals surface area contributed by atoms with Crippen LogP contribution in [0.1, 0.15) is 11.1 Å². The summed E-state index contributed by atoms with van der Waals surface area (Å²) in [6.45, 7) is -0.158. The summed E-state index contributed by atoms with van der Waals surface area (Å²) in [5.41, 5.74) is 18.4. The molecule has 0 aromatic heterocycles. The van der Waals surface area contributed by atoms with Gasteiger partial charge < -0.3 is 9.80 Å². The number of benzene rings is 11. The lowest BCUT2D eigenvalue weighted by molar-refractivity contribution is 1.26. The highest BCUT2D eigenvalue weighted by molar-refractivity contribution is 7.00. The average molecular weight is 875 g/mol. The molecule has 0 amide bonds. The summed E-state index contributed by atoms with van der Waals surface area (Å²) in [5.74, 6) is 0. The molecule has 0 saturated carbocycles. The van der Waals surface area contributed by atoms with Crippen LogP contribution >= 0.6 is 0 Å². The van der Waals surface area contributed by atoms with Crippen LogP contribution in [0.3, 0.4) is 0 Å². The monoisotopic (exact) mass is 874 g/mol. The highest BCUT2D eigenvalue weighted by Gasteiger charge is 2.45. The predicted molar refractivity (Wildman–Crippen MR) is 287 cm³/mol. The summed E-state index contributed by atoms with van der Waals surface area (Å²) in [6, 6.07) is 88.7. The van der Waals surface area contributed by atoms with Crippen molar-refractivity contribution in [1.82, 2.24) is 0 Å². The summed E-state index contributed by atoms with van der Waals surface area (Å²) in [7, 11) is 0. The minimum absolute atomic E-state index is 0.158. The molecular weight excluding hydrogens is 836 g/mol. The second kappa shape index (κ2) is 16.2. The minimum Gasteiger partial charge on any atom is -0.311 e. The van der Waals surface area contributed by atoms with Gasteiger partial charge in [0.25, 0.3) is 6.71 Å². The smallest absolute Gasteiger partial charge is 0.252 e. The number of nitrogens with zero attached hydrogens (tertiary/aromatic N) is 4. The molecule has 69 heavy (non-hydrogen) atoms. The van der Waals surface area contributed by atoms with Crippen LogP contribution in [-0.4, -0.2) is 6.71 Å². The molecule has 0 atom stereocenters. The van der Waals surface area contributed by atoms with Crippen molar-refractivity contribution >= 4 is 78.8 Å². The second-order valence-corrected chi connectivity index (χ2v) is 17.8. The SMILES string of the molecule is N#Cc1cc(-c2ccccc2)cc(C#N)c1-c1cc2c3c(c1)N(c1ccc(-c4ccccc4)cc1)c1c(ccc4ccccc14)B3c1ccc3ccccc3c1N2c1ccc(-c2ccccc2)cc1. The van der Waals surface area contributed by atoms with E-state index in [1.54, 1.807) is 0 Å². The van der Waals surface area contributed by atoms with Gasteiger partial charge in [-0.1, -0.05) is 188 Å². The van der Waals surface area contributed by atoms with E-state index in [0.29, 0.717) is 16.7 Å². The van der Waals surface area contributed by atoms with Crippen molar-refractivity contribution in [3.05, 3.63) is 248 Å². The van der Waals surface area contributed by atoms with E-state index in [0.717, 1.165) is 100 Å². The molecule has 2 aliphatic heterocycles. The molecule has 0 bridgehead atoms. The zero-order valence-corrected chi connectivity index (χ0v) is 37.4. The molecule has 0 saturated heterocycles. The van der Waals surface area contributed by atoms with Gasteiger partial charge in [-0.3, -0.25) is 0 Å². The number of anilines is 6. The van der Waals surface area contributed by atoms with Crippen molar-refractivity contribution in [1.29, 1.82) is 10.5 Å². The molecule has 2 aliphatic rings. The Morgan fingerprint density at radius 2 is 0.710 bits per heavy atom. The van der Waals surface area contributed by atoms with Crippen molar-refractivity contribution < 1.29 is 0 Å². The fraction of sp³-hybridized carbons (Fsp3) is 0. The Hall–Kier alpha value is -9.42. The molecule has 0 N–H and O–H groups in total. The Kier molecular flexibility index (Phi) is 9.36. The summed E-state index contributed by atoms with van der Waals surface area (Å²) in [5, 5.41) is 26.8. The Bertz CT molecular complexity index is 3680. The molecule has 4 nitrogen and oxygen atoms in total. The third-order valence-corrected chi connectivity index (χ3v) is 14.1. The second-order valence-electron chi connectivity index (χ2n) is 17.8. The van der Waals surface area contributed by atoms with E-state index in [1.165, 1.54) is 10.9 Å². The van der Waals surface area contributed by atoms with Crippen molar-refractivity contribution in [2.45, 2.75) is 0 Å². The van der Waals surface area contributed by atoms with Crippen LogP contribution in [-0.2, 0) is 0 Å². The van der Waals surface area contributed by atoms with Crippen LogP contribution in [0, 0.1) is 22.7 Å². The third kappa shape index (κ3) is 6.45. The maximum Gasteiger partial charge on any atom is 0.252 e. The summed E-state index contributed by atoms with van der Waals surface area (Å²) < 4.78 is 0. The zero-order valence-electron chi connectivity index (χ0n) is 37.4. The summed E-state index contributed by atoms with van der Waals surface area (Å²) in [6.07, 6.45) is 0. The first-order valence-corrected chi connectivity index (χ1v) is 23.3. The van der Waals surface area contributed by atoms with Gasteiger partial charge in [0.2, 0.25) is 0 Å². The van der Waals surface area contributed by atoms with Crippen LogP contribution < -0.4 is 26.2 Å². The predicted octanol–water partition coefficient (Wildman–Crippen LogP) is 14.5. The zero-order chi connectivity index (χ0) is 46.0. The van der Waals surface area contributed by atoms with Crippen molar-refractivity contribution in [3.63, 3.8) is 0 Å². The lowest BCUT2D eigenvalue weighted by Gasteiger charge is -2.45. The molecule has 11 aromatic carbocycles. The van der Waals surface area contributed by atoms with Gasteiger partial charge in [-0.15, -0.1) is 0 Å². The van der Waals surface area contributed by atoms with Gasteiger partial charge in [-0.2, -0.15) is 10.5 Å². The van der Waals surface area contributed by atoms with E-state index in [2.05, 4.69) is 204 Å². The van der Waals surface area contributed by atoms with Gasteiger partial charge in [0.15, 0.2) is 0 Å². The average Bonchev–Trinajstić information content (AvgIpc) is 3.43. The first-order valence-electron chi connectivity index (χ1n) is 23.3. The Balaban J connectivity index is 1.15. The van der Waals surface area contributed by atoms with E-state index in [1.807, 2.05) is 54.6 Å². The molecule has 0 aliphatic carbocycles. The molecule has 2 heterocycles. The Morgan fingerprint density at radius 3 is 1.13 bits per heavy atom. The van der Waals surface area contributed by atoms with Gasteiger partial charge in [0.1, 0.15) is 0 Å². The molecule has 0 fully saturated rings. The van der Waals surface area contributed by atoms with E-state index in [-0.39, 0.29) is 6.71 Å². The lowest BCUT2D eigenvalue weighted by atomic mass is 9.33. The first kappa shape index (κ1) is 39.9. The number of fused-ring (bicyclic) bond motifs is 8. The topological polar surface area (TPSA) is 54.1 Å². The van der Waals surface area contributed by atoms with Crippen molar-refractivity contribution in [2.75, 3.05) is 9.80 Å². The summed E-state index contributed by atoms with van der Waals surface area (Å²) in [4.78, 5) is 4.87. The van der Waals surface area contributed by atoms with Crippen LogP contribution in [0.4, 0.5) is 34.1 Å². The van der Waals surface area contributed by atoms with Crippen LogP contribution in [0.15, 0.2) is 237 Å². The highest BCUT2D eigenvalue weighted by atomic mass is 15.2. The van der Waals surface area contributed by atoms with E-state index >= 15 is 0 Å². The molecule has 0 radical (unpaired) electrons. The summed E-state index contributed by atoms with van der Waals surface area (Å²) >= 11 is 0. The Morgan fingerprint density at radius 1 is 0.333 bits per heavy atom. The van der Waals surface area contributed by atoms with E-state index in [9.17, 15) is 10.5 Å². The molecule has 5 heteroatoms. The maximum absolute atomic E-state index is 11.1. The molecule has 11 aromatic rings. The van der Waals surface area contributed by atoms with E-state index in [4.69, 9.17) is 0 Å². The third-order valence-electron chi connectivity index (χ3n) is 14.1. The number of hydrogen-bond donors (Lipinski definition) is 0. The molecule has 13 rings (SSSR count). The molecule has 318 valence electrons. The fourth-order valence-electron chi connectivity index (χ4n) is 11.0. The Labute approximate surface area is 401 Å². The molecular formula is C64H39BN4. The highest BCUT2D eigenvalue weighted by Crippen LogP contribution is 2.50. The van der Waals surface area contributed by atoms with Crippen molar-refractivity contribution in [2.24, 2.45) is 0 Å². The van der Waals surface area contributed by atoms with Gasteiger partial charge in [-0.05, 0) is 115 Å². The van der Waals surface area contributed by atoms with Crippen LogP contribution in [0.2, 0.25) is 0 Å². The largest absolute Gasteiger partial charge is 0.311 e. The lowest BCUT2D eigenvalue weighted by Crippen LogP contribution is -2.61.